The van der Waals surface area contributed by atoms with Crippen molar-refractivity contribution in [2.75, 3.05) is 13.1 Å². The fourth-order valence-corrected chi connectivity index (χ4v) is 2.76. The zero-order valence-corrected chi connectivity index (χ0v) is 9.67. The first-order valence-electron chi connectivity index (χ1n) is 6.28. The summed E-state index contributed by atoms with van der Waals surface area (Å²) in [5.74, 6) is 0.284. The highest BCUT2D eigenvalue weighted by Gasteiger charge is 2.32. The van der Waals surface area contributed by atoms with Crippen LogP contribution >= 0.6 is 0 Å². The molecule has 15 heavy (non-hydrogen) atoms. The molecule has 1 atom stereocenters. The number of carbonyl (C=O) groups excluding carboxylic acids is 1. The van der Waals surface area contributed by atoms with Gasteiger partial charge in [0.25, 0.3) is 0 Å². The lowest BCUT2D eigenvalue weighted by Gasteiger charge is -2.42. The van der Waals surface area contributed by atoms with Crippen molar-refractivity contribution in [3.8, 4) is 0 Å². The number of nitrogens with zero attached hydrogens (tertiary/aromatic N) is 1. The normalized spacial score (nSPS) is 27.9. The molecule has 86 valence electrons. The van der Waals surface area contributed by atoms with Crippen LogP contribution in [-0.4, -0.2) is 36.0 Å². The van der Waals surface area contributed by atoms with Gasteiger partial charge in [-0.25, -0.2) is 0 Å². The molecule has 0 spiro atoms. The summed E-state index contributed by atoms with van der Waals surface area (Å²) < 4.78 is 0. The molecule has 2 rings (SSSR count). The Balaban J connectivity index is 1.98. The SMILES string of the molecule is CC(=O)N(C1CCC1)[C@H]1CCCNCC1. The van der Waals surface area contributed by atoms with E-state index in [4.69, 9.17) is 0 Å². The van der Waals surface area contributed by atoms with E-state index in [0.29, 0.717) is 12.1 Å². The second-order valence-corrected chi connectivity index (χ2v) is 4.85. The van der Waals surface area contributed by atoms with Crippen LogP contribution in [0.4, 0.5) is 0 Å². The molecule has 0 aromatic heterocycles. The average Bonchev–Trinajstić information content (AvgIpc) is 2.38. The second-order valence-electron chi connectivity index (χ2n) is 4.85. The Morgan fingerprint density at radius 3 is 2.33 bits per heavy atom. The Hall–Kier alpha value is -0.570. The van der Waals surface area contributed by atoms with Gasteiger partial charge in [0.05, 0.1) is 0 Å². The summed E-state index contributed by atoms with van der Waals surface area (Å²) in [6.45, 7) is 3.92. The third-order valence-electron chi connectivity index (χ3n) is 3.77. The highest BCUT2D eigenvalue weighted by Crippen LogP contribution is 2.29. The molecular formula is C12H22N2O. The molecule has 0 aromatic carbocycles. The molecule has 1 amide bonds. The number of amides is 1. The summed E-state index contributed by atoms with van der Waals surface area (Å²) in [6.07, 6.45) is 7.28. The average molecular weight is 210 g/mol. The molecule has 1 aliphatic heterocycles. The second kappa shape index (κ2) is 4.97. The van der Waals surface area contributed by atoms with E-state index in [-0.39, 0.29) is 5.91 Å². The lowest BCUT2D eigenvalue weighted by atomic mass is 9.89. The van der Waals surface area contributed by atoms with E-state index in [0.717, 1.165) is 19.5 Å². The van der Waals surface area contributed by atoms with Crippen LogP contribution in [0.2, 0.25) is 0 Å². The van der Waals surface area contributed by atoms with Crippen LogP contribution in [-0.2, 0) is 4.79 Å². The summed E-state index contributed by atoms with van der Waals surface area (Å²) in [5, 5.41) is 3.41. The van der Waals surface area contributed by atoms with Crippen molar-refractivity contribution in [1.82, 2.24) is 10.2 Å². The topological polar surface area (TPSA) is 32.3 Å². The maximum Gasteiger partial charge on any atom is 0.219 e. The number of hydrogen-bond donors (Lipinski definition) is 1. The molecule has 3 nitrogen and oxygen atoms in total. The van der Waals surface area contributed by atoms with Crippen LogP contribution in [0.5, 0.6) is 0 Å². The fraction of sp³-hybridized carbons (Fsp3) is 0.917. The first kappa shape index (κ1) is 10.9. The third-order valence-corrected chi connectivity index (χ3v) is 3.77. The van der Waals surface area contributed by atoms with E-state index in [2.05, 4.69) is 10.2 Å². The van der Waals surface area contributed by atoms with Crippen molar-refractivity contribution < 1.29 is 4.79 Å². The Morgan fingerprint density at radius 1 is 1.07 bits per heavy atom. The number of hydrogen-bond acceptors (Lipinski definition) is 2. The van der Waals surface area contributed by atoms with Crippen molar-refractivity contribution in [2.24, 2.45) is 0 Å². The Morgan fingerprint density at radius 2 is 1.73 bits per heavy atom. The molecule has 3 heteroatoms. The highest BCUT2D eigenvalue weighted by atomic mass is 16.2. The summed E-state index contributed by atoms with van der Waals surface area (Å²) >= 11 is 0. The molecule has 2 fully saturated rings. The van der Waals surface area contributed by atoms with Crippen molar-refractivity contribution >= 4 is 5.91 Å². The quantitative estimate of drug-likeness (QED) is 0.749. The van der Waals surface area contributed by atoms with Gasteiger partial charge >= 0.3 is 0 Å². The zero-order valence-electron chi connectivity index (χ0n) is 9.67. The number of carbonyl (C=O) groups is 1. The van der Waals surface area contributed by atoms with Crippen molar-refractivity contribution in [2.45, 2.75) is 57.5 Å². The summed E-state index contributed by atoms with van der Waals surface area (Å²) in [4.78, 5) is 13.9. The van der Waals surface area contributed by atoms with E-state index in [1.165, 1.54) is 32.1 Å². The Labute approximate surface area is 92.2 Å². The van der Waals surface area contributed by atoms with Crippen molar-refractivity contribution in [3.63, 3.8) is 0 Å². The first-order valence-corrected chi connectivity index (χ1v) is 6.28. The van der Waals surface area contributed by atoms with Gasteiger partial charge in [-0.3, -0.25) is 4.79 Å². The number of rotatable bonds is 2. The van der Waals surface area contributed by atoms with Crippen LogP contribution in [0, 0.1) is 0 Å². The van der Waals surface area contributed by atoms with Gasteiger partial charge in [0.2, 0.25) is 5.91 Å². The van der Waals surface area contributed by atoms with E-state index >= 15 is 0 Å². The third kappa shape index (κ3) is 2.51. The van der Waals surface area contributed by atoms with Gasteiger partial charge in [-0.2, -0.15) is 0 Å². The minimum absolute atomic E-state index is 0.284. The molecule has 0 aromatic rings. The fourth-order valence-electron chi connectivity index (χ4n) is 2.76. The van der Waals surface area contributed by atoms with E-state index in [1.54, 1.807) is 6.92 Å². The van der Waals surface area contributed by atoms with Crippen LogP contribution in [0.1, 0.15) is 45.4 Å². The summed E-state index contributed by atoms with van der Waals surface area (Å²) in [7, 11) is 0. The van der Waals surface area contributed by atoms with Gasteiger partial charge in [-0.15, -0.1) is 0 Å². The maximum atomic E-state index is 11.7. The van der Waals surface area contributed by atoms with E-state index in [1.807, 2.05) is 0 Å². The largest absolute Gasteiger partial charge is 0.337 e. The van der Waals surface area contributed by atoms with Crippen LogP contribution in [0.15, 0.2) is 0 Å². The van der Waals surface area contributed by atoms with Gasteiger partial charge in [0, 0.05) is 19.0 Å². The molecule has 1 saturated heterocycles. The highest BCUT2D eigenvalue weighted by molar-refractivity contribution is 5.74. The lowest BCUT2D eigenvalue weighted by molar-refractivity contribution is -0.136. The van der Waals surface area contributed by atoms with Gasteiger partial charge in [0.1, 0.15) is 0 Å². The predicted molar refractivity (Wildman–Crippen MR) is 60.7 cm³/mol. The molecule has 2 aliphatic rings. The van der Waals surface area contributed by atoms with Crippen LogP contribution in [0.3, 0.4) is 0 Å². The minimum atomic E-state index is 0.284. The predicted octanol–water partition coefficient (Wildman–Crippen LogP) is 1.53. The Bertz CT molecular complexity index is 218. The smallest absolute Gasteiger partial charge is 0.219 e. The van der Waals surface area contributed by atoms with Crippen molar-refractivity contribution in [1.29, 1.82) is 0 Å². The van der Waals surface area contributed by atoms with Crippen molar-refractivity contribution in [3.05, 3.63) is 0 Å². The zero-order chi connectivity index (χ0) is 10.7. The molecule has 0 radical (unpaired) electrons. The maximum absolute atomic E-state index is 11.7. The molecule has 0 unspecified atom stereocenters. The van der Waals surface area contributed by atoms with Gasteiger partial charge < -0.3 is 10.2 Å². The molecule has 1 heterocycles. The summed E-state index contributed by atoms with van der Waals surface area (Å²) in [6, 6.07) is 1.06. The monoisotopic (exact) mass is 210 g/mol. The first-order chi connectivity index (χ1) is 7.29. The molecular weight excluding hydrogens is 188 g/mol. The molecule has 0 bridgehead atoms. The van der Waals surface area contributed by atoms with Gasteiger partial charge in [0.15, 0.2) is 0 Å². The number of nitrogens with one attached hydrogen (secondary N) is 1. The molecule has 1 N–H and O–H groups in total. The molecule has 1 saturated carbocycles. The van der Waals surface area contributed by atoms with E-state index < -0.39 is 0 Å². The van der Waals surface area contributed by atoms with Crippen LogP contribution in [0.25, 0.3) is 0 Å². The van der Waals surface area contributed by atoms with Crippen LogP contribution < -0.4 is 5.32 Å². The lowest BCUT2D eigenvalue weighted by Crippen LogP contribution is -2.49. The van der Waals surface area contributed by atoms with Gasteiger partial charge in [-0.05, 0) is 51.6 Å². The molecule has 1 aliphatic carbocycles. The van der Waals surface area contributed by atoms with Gasteiger partial charge in [-0.1, -0.05) is 0 Å². The van der Waals surface area contributed by atoms with E-state index in [9.17, 15) is 4.79 Å². The summed E-state index contributed by atoms with van der Waals surface area (Å²) in [5.41, 5.74) is 0. The standard InChI is InChI=1S/C12H22N2O/c1-10(15)14(11-4-2-5-11)12-6-3-8-13-9-7-12/h11-13H,2-9H2,1H3/t12-/m0/s1. The Kier molecular flexibility index (Phi) is 3.62. The minimum Gasteiger partial charge on any atom is -0.337 e.